The van der Waals surface area contributed by atoms with Gasteiger partial charge in [0, 0.05) is 18.4 Å². The summed E-state index contributed by atoms with van der Waals surface area (Å²) in [5.41, 5.74) is 1.33. The van der Waals surface area contributed by atoms with Crippen molar-refractivity contribution in [2.75, 3.05) is 5.32 Å². The number of nitrogens with zero attached hydrogens (tertiary/aromatic N) is 2. The fraction of sp³-hybridized carbons (Fsp3) is 0.294. The van der Waals surface area contributed by atoms with Gasteiger partial charge >= 0.3 is 0 Å². The quantitative estimate of drug-likeness (QED) is 0.912. The van der Waals surface area contributed by atoms with E-state index in [9.17, 15) is 10.1 Å². The van der Waals surface area contributed by atoms with Crippen molar-refractivity contribution in [3.8, 4) is 6.07 Å². The third-order valence-electron chi connectivity index (χ3n) is 3.28. The van der Waals surface area contributed by atoms with E-state index in [4.69, 9.17) is 0 Å². The highest BCUT2D eigenvalue weighted by Crippen LogP contribution is 2.17. The van der Waals surface area contributed by atoms with Gasteiger partial charge in [0.15, 0.2) is 0 Å². The predicted molar refractivity (Wildman–Crippen MR) is 84.6 cm³/mol. The fourth-order valence-electron chi connectivity index (χ4n) is 2.04. The van der Waals surface area contributed by atoms with Crippen LogP contribution in [-0.4, -0.2) is 4.57 Å². The number of aromatic nitrogens is 1. The van der Waals surface area contributed by atoms with Gasteiger partial charge in [0.2, 0.25) is 0 Å². The number of rotatable bonds is 5. The van der Waals surface area contributed by atoms with Gasteiger partial charge in [0.05, 0.1) is 5.69 Å². The van der Waals surface area contributed by atoms with Crippen LogP contribution in [-0.2, 0) is 6.54 Å². The molecular formula is C17H19N3O. The highest BCUT2D eigenvalue weighted by Gasteiger charge is 2.10. The van der Waals surface area contributed by atoms with Crippen LogP contribution < -0.4 is 10.9 Å². The predicted octanol–water partition coefficient (Wildman–Crippen LogP) is 3.51. The molecule has 2 rings (SSSR count). The number of benzene rings is 1. The van der Waals surface area contributed by atoms with Crippen molar-refractivity contribution in [2.24, 2.45) is 5.92 Å². The molecule has 0 fully saturated rings. The molecule has 0 saturated carbocycles. The average Bonchev–Trinajstić information content (AvgIpc) is 2.47. The van der Waals surface area contributed by atoms with Gasteiger partial charge in [-0.15, -0.1) is 0 Å². The van der Waals surface area contributed by atoms with Crippen molar-refractivity contribution in [1.82, 2.24) is 4.57 Å². The monoisotopic (exact) mass is 281 g/mol. The molecule has 108 valence electrons. The first-order valence-electron chi connectivity index (χ1n) is 7.07. The van der Waals surface area contributed by atoms with Crippen LogP contribution >= 0.6 is 0 Å². The zero-order valence-corrected chi connectivity index (χ0v) is 12.3. The van der Waals surface area contributed by atoms with E-state index in [1.54, 1.807) is 16.8 Å². The lowest BCUT2D eigenvalue weighted by atomic mass is 10.1. The second-order valence-electron chi connectivity index (χ2n) is 5.39. The molecule has 21 heavy (non-hydrogen) atoms. The van der Waals surface area contributed by atoms with Crippen LogP contribution in [0.15, 0.2) is 47.4 Å². The lowest BCUT2D eigenvalue weighted by Gasteiger charge is -2.12. The summed E-state index contributed by atoms with van der Waals surface area (Å²) in [5, 5.41) is 12.4. The van der Waals surface area contributed by atoms with Gasteiger partial charge in [-0.2, -0.15) is 5.26 Å². The molecule has 2 aromatic rings. The summed E-state index contributed by atoms with van der Waals surface area (Å²) in [5.74, 6) is 0.518. The second-order valence-corrected chi connectivity index (χ2v) is 5.39. The Hall–Kier alpha value is -2.54. The smallest absolute Gasteiger partial charge is 0.270 e. The minimum Gasteiger partial charge on any atom is -0.354 e. The Morgan fingerprint density at radius 3 is 2.57 bits per heavy atom. The number of para-hydroxylation sites is 1. The van der Waals surface area contributed by atoms with E-state index >= 15 is 0 Å². The van der Waals surface area contributed by atoms with E-state index < -0.39 is 0 Å². The lowest BCUT2D eigenvalue weighted by molar-refractivity contribution is 0.508. The Morgan fingerprint density at radius 2 is 1.95 bits per heavy atom. The first-order chi connectivity index (χ1) is 10.1. The zero-order valence-electron chi connectivity index (χ0n) is 12.3. The van der Waals surface area contributed by atoms with Crippen molar-refractivity contribution >= 4 is 11.4 Å². The molecule has 1 aromatic carbocycles. The van der Waals surface area contributed by atoms with E-state index in [1.807, 2.05) is 36.4 Å². The maximum atomic E-state index is 12.3. The first-order valence-corrected chi connectivity index (χ1v) is 7.07. The molecule has 0 aliphatic rings. The minimum atomic E-state index is -0.237. The standard InChI is InChI=1S/C17H19N3O/c1-13(2)8-10-20-11-9-16(15(12-18)17(20)21)19-14-6-4-3-5-7-14/h3-7,9,11,13,19H,8,10H2,1-2H3. The van der Waals surface area contributed by atoms with Crippen LogP contribution in [0.1, 0.15) is 25.8 Å². The third-order valence-corrected chi connectivity index (χ3v) is 3.28. The zero-order chi connectivity index (χ0) is 15.2. The second kappa shape index (κ2) is 6.76. The number of nitrogens with one attached hydrogen (secondary N) is 1. The van der Waals surface area contributed by atoms with Crippen LogP contribution in [0.4, 0.5) is 11.4 Å². The molecule has 0 amide bonds. The molecular weight excluding hydrogens is 262 g/mol. The fourth-order valence-corrected chi connectivity index (χ4v) is 2.04. The van der Waals surface area contributed by atoms with E-state index in [1.165, 1.54) is 0 Å². The Bertz CT molecular complexity index is 696. The van der Waals surface area contributed by atoms with Gasteiger partial charge in [-0.1, -0.05) is 32.0 Å². The topological polar surface area (TPSA) is 57.8 Å². The van der Waals surface area contributed by atoms with Gasteiger partial charge in [0.25, 0.3) is 5.56 Å². The Kier molecular flexibility index (Phi) is 4.78. The highest BCUT2D eigenvalue weighted by atomic mass is 16.1. The molecule has 0 aliphatic carbocycles. The SMILES string of the molecule is CC(C)CCn1ccc(Nc2ccccc2)c(C#N)c1=O. The van der Waals surface area contributed by atoms with Crippen molar-refractivity contribution in [3.63, 3.8) is 0 Å². The maximum Gasteiger partial charge on any atom is 0.270 e. The molecule has 1 aromatic heterocycles. The van der Waals surface area contributed by atoms with E-state index in [2.05, 4.69) is 19.2 Å². The summed E-state index contributed by atoms with van der Waals surface area (Å²) in [7, 11) is 0. The Morgan fingerprint density at radius 1 is 1.24 bits per heavy atom. The Labute approximate surface area is 124 Å². The summed E-state index contributed by atoms with van der Waals surface area (Å²) in [6.45, 7) is 4.86. The molecule has 1 N–H and O–H groups in total. The summed E-state index contributed by atoms with van der Waals surface area (Å²) in [4.78, 5) is 12.3. The van der Waals surface area contributed by atoms with Crippen molar-refractivity contribution in [2.45, 2.75) is 26.8 Å². The Balaban J connectivity index is 2.30. The molecule has 0 saturated heterocycles. The summed E-state index contributed by atoms with van der Waals surface area (Å²) in [6.07, 6.45) is 2.66. The minimum absolute atomic E-state index is 0.158. The summed E-state index contributed by atoms with van der Waals surface area (Å²) < 4.78 is 1.61. The summed E-state index contributed by atoms with van der Waals surface area (Å²) >= 11 is 0. The molecule has 0 bridgehead atoms. The lowest BCUT2D eigenvalue weighted by Crippen LogP contribution is -2.23. The van der Waals surface area contributed by atoms with Gasteiger partial charge in [-0.3, -0.25) is 4.79 Å². The van der Waals surface area contributed by atoms with Gasteiger partial charge in [0.1, 0.15) is 11.6 Å². The van der Waals surface area contributed by atoms with Gasteiger partial charge in [-0.25, -0.2) is 0 Å². The largest absolute Gasteiger partial charge is 0.354 e. The molecule has 4 heteroatoms. The number of nitriles is 1. The number of hydrogen-bond donors (Lipinski definition) is 1. The molecule has 0 aliphatic heterocycles. The molecule has 0 spiro atoms. The summed E-state index contributed by atoms with van der Waals surface area (Å²) in [6, 6.07) is 13.3. The van der Waals surface area contributed by atoms with Crippen molar-refractivity contribution < 1.29 is 0 Å². The molecule has 0 radical (unpaired) electrons. The first kappa shape index (κ1) is 14.9. The van der Waals surface area contributed by atoms with Crippen LogP contribution in [0.3, 0.4) is 0 Å². The van der Waals surface area contributed by atoms with E-state index in [-0.39, 0.29) is 11.1 Å². The maximum absolute atomic E-state index is 12.3. The average molecular weight is 281 g/mol. The molecule has 0 atom stereocenters. The number of hydrogen-bond acceptors (Lipinski definition) is 3. The molecule has 4 nitrogen and oxygen atoms in total. The van der Waals surface area contributed by atoms with Crippen LogP contribution in [0.25, 0.3) is 0 Å². The van der Waals surface area contributed by atoms with Gasteiger partial charge < -0.3 is 9.88 Å². The number of aryl methyl sites for hydroxylation is 1. The van der Waals surface area contributed by atoms with Crippen LogP contribution in [0.2, 0.25) is 0 Å². The van der Waals surface area contributed by atoms with Crippen LogP contribution in [0, 0.1) is 17.2 Å². The normalized spacial score (nSPS) is 10.4. The highest BCUT2D eigenvalue weighted by molar-refractivity contribution is 5.65. The van der Waals surface area contributed by atoms with Crippen molar-refractivity contribution in [3.05, 3.63) is 58.5 Å². The molecule has 0 unspecified atom stereocenters. The van der Waals surface area contributed by atoms with E-state index in [0.717, 1.165) is 12.1 Å². The third kappa shape index (κ3) is 3.73. The van der Waals surface area contributed by atoms with Crippen LogP contribution in [0.5, 0.6) is 0 Å². The number of pyridine rings is 1. The molecule has 1 heterocycles. The van der Waals surface area contributed by atoms with Gasteiger partial charge in [-0.05, 0) is 30.5 Å². The van der Waals surface area contributed by atoms with E-state index in [0.29, 0.717) is 18.2 Å². The van der Waals surface area contributed by atoms with Crippen molar-refractivity contribution in [1.29, 1.82) is 5.26 Å². The number of anilines is 2.